The average Bonchev–Trinajstić information content (AvgIpc) is 3.36. The molecule has 0 saturated heterocycles. The number of carbonyl (C=O) groups is 1. The number of aromatic amines is 1. The highest BCUT2D eigenvalue weighted by atomic mass is 19.1. The van der Waals surface area contributed by atoms with Crippen LogP contribution >= 0.6 is 0 Å². The van der Waals surface area contributed by atoms with Crippen molar-refractivity contribution in [3.8, 4) is 28.5 Å². The zero-order chi connectivity index (χ0) is 19.7. The summed E-state index contributed by atoms with van der Waals surface area (Å²) in [6, 6.07) is 11.3. The Morgan fingerprint density at radius 1 is 1.21 bits per heavy atom. The molecule has 8 heteroatoms. The van der Waals surface area contributed by atoms with Crippen LogP contribution in [0.2, 0.25) is 0 Å². The maximum absolute atomic E-state index is 13.9. The van der Waals surface area contributed by atoms with Crippen LogP contribution in [0.1, 0.15) is 29.0 Å². The molecule has 0 radical (unpaired) electrons. The van der Waals surface area contributed by atoms with Gasteiger partial charge in [-0.3, -0.25) is 9.89 Å². The fraction of sp³-hybridized carbons (Fsp3) is 0.200. The third-order valence-corrected chi connectivity index (χ3v) is 4.51. The van der Waals surface area contributed by atoms with Crippen LogP contribution in [-0.2, 0) is 0 Å². The van der Waals surface area contributed by atoms with Gasteiger partial charge in [-0.2, -0.15) is 5.10 Å². The minimum Gasteiger partial charge on any atom is -0.494 e. The van der Waals surface area contributed by atoms with Crippen LogP contribution in [0.15, 0.2) is 42.5 Å². The molecule has 1 aliphatic heterocycles. The predicted molar refractivity (Wildman–Crippen MR) is 99.0 cm³/mol. The van der Waals surface area contributed by atoms with Crippen molar-refractivity contribution < 1.29 is 23.4 Å². The number of aromatic nitrogens is 2. The second-order valence-corrected chi connectivity index (χ2v) is 6.32. The Hall–Kier alpha value is -3.55. The summed E-state index contributed by atoms with van der Waals surface area (Å²) >= 11 is 0. The number of rotatable bonds is 5. The topological polar surface area (TPSA) is 85.5 Å². The van der Waals surface area contributed by atoms with E-state index in [1.54, 1.807) is 25.1 Å². The van der Waals surface area contributed by atoms with Crippen molar-refractivity contribution >= 4 is 5.91 Å². The second-order valence-electron chi connectivity index (χ2n) is 6.32. The lowest BCUT2D eigenvalue weighted by Gasteiger charge is -2.14. The van der Waals surface area contributed by atoms with Crippen LogP contribution in [-0.4, -0.2) is 30.0 Å². The Bertz CT molecular complexity index is 1030. The van der Waals surface area contributed by atoms with Crippen LogP contribution in [0.4, 0.5) is 4.39 Å². The first-order valence-electron chi connectivity index (χ1n) is 8.65. The number of ether oxygens (including phenoxy) is 3. The van der Waals surface area contributed by atoms with Gasteiger partial charge in [-0.15, -0.1) is 0 Å². The normalized spacial score (nSPS) is 13.2. The standard InChI is InChI=1S/C20H18FN3O4/c1-11(12-3-5-17(26-2)14(21)7-12)22-20(25)16-9-15(23-24-16)13-4-6-18-19(8-13)28-10-27-18/h3-9,11H,10H2,1-2H3,(H,22,25)(H,23,24)/t11-/m0/s1. The van der Waals surface area contributed by atoms with Crippen LogP contribution in [0.3, 0.4) is 0 Å². The number of hydrogen-bond donors (Lipinski definition) is 2. The molecular weight excluding hydrogens is 365 g/mol. The van der Waals surface area contributed by atoms with Gasteiger partial charge >= 0.3 is 0 Å². The van der Waals surface area contributed by atoms with E-state index < -0.39 is 11.9 Å². The van der Waals surface area contributed by atoms with E-state index in [9.17, 15) is 9.18 Å². The molecule has 28 heavy (non-hydrogen) atoms. The fourth-order valence-electron chi connectivity index (χ4n) is 2.95. The first-order chi connectivity index (χ1) is 13.5. The number of carbonyl (C=O) groups excluding carboxylic acids is 1. The number of halogens is 1. The van der Waals surface area contributed by atoms with E-state index in [2.05, 4.69) is 15.5 Å². The Morgan fingerprint density at radius 2 is 2.04 bits per heavy atom. The van der Waals surface area contributed by atoms with Gasteiger partial charge in [0.1, 0.15) is 5.69 Å². The summed E-state index contributed by atoms with van der Waals surface area (Å²) in [5.74, 6) is 0.652. The van der Waals surface area contributed by atoms with Crippen molar-refractivity contribution in [3.05, 3.63) is 59.5 Å². The monoisotopic (exact) mass is 383 g/mol. The van der Waals surface area contributed by atoms with Gasteiger partial charge in [0.25, 0.3) is 5.91 Å². The molecule has 4 rings (SSSR count). The molecule has 2 aromatic carbocycles. The van der Waals surface area contributed by atoms with Gasteiger partial charge in [0.2, 0.25) is 6.79 Å². The first-order valence-corrected chi connectivity index (χ1v) is 8.65. The summed E-state index contributed by atoms with van der Waals surface area (Å²) in [5, 5.41) is 9.74. The number of H-pyrrole nitrogens is 1. The van der Waals surface area contributed by atoms with Crippen molar-refractivity contribution in [2.24, 2.45) is 0 Å². The van der Waals surface area contributed by atoms with Gasteiger partial charge in [-0.25, -0.2) is 4.39 Å². The number of fused-ring (bicyclic) bond motifs is 1. The molecule has 1 amide bonds. The predicted octanol–water partition coefficient (Wildman–Crippen LogP) is 3.44. The Labute approximate surface area is 160 Å². The number of methoxy groups -OCH3 is 1. The average molecular weight is 383 g/mol. The van der Waals surface area contributed by atoms with E-state index >= 15 is 0 Å². The first kappa shape index (κ1) is 17.8. The minimum absolute atomic E-state index is 0.157. The molecular formula is C20H18FN3O4. The Kier molecular flexibility index (Phi) is 4.60. The third-order valence-electron chi connectivity index (χ3n) is 4.51. The molecule has 7 nitrogen and oxygen atoms in total. The van der Waals surface area contributed by atoms with E-state index in [1.807, 2.05) is 12.1 Å². The summed E-state index contributed by atoms with van der Waals surface area (Å²) in [7, 11) is 1.40. The molecule has 1 atom stereocenters. The quantitative estimate of drug-likeness (QED) is 0.705. The molecule has 0 bridgehead atoms. The highest BCUT2D eigenvalue weighted by Gasteiger charge is 2.18. The maximum Gasteiger partial charge on any atom is 0.269 e. The molecule has 2 heterocycles. The van der Waals surface area contributed by atoms with Crippen molar-refractivity contribution in [2.75, 3.05) is 13.9 Å². The smallest absolute Gasteiger partial charge is 0.269 e. The summed E-state index contributed by atoms with van der Waals surface area (Å²) in [4.78, 5) is 12.5. The lowest BCUT2D eigenvalue weighted by Crippen LogP contribution is -2.27. The molecule has 0 spiro atoms. The Morgan fingerprint density at radius 3 is 2.82 bits per heavy atom. The van der Waals surface area contributed by atoms with E-state index in [1.165, 1.54) is 19.2 Å². The lowest BCUT2D eigenvalue weighted by molar-refractivity contribution is 0.0934. The largest absolute Gasteiger partial charge is 0.494 e. The van der Waals surface area contributed by atoms with Crippen molar-refractivity contribution in [3.63, 3.8) is 0 Å². The number of amides is 1. The van der Waals surface area contributed by atoms with Crippen molar-refractivity contribution in [1.82, 2.24) is 15.5 Å². The molecule has 0 fully saturated rings. The fourth-order valence-corrected chi connectivity index (χ4v) is 2.95. The molecule has 0 saturated carbocycles. The van der Waals surface area contributed by atoms with Crippen LogP contribution < -0.4 is 19.5 Å². The summed E-state index contributed by atoms with van der Waals surface area (Å²) in [5.41, 5.74) is 2.33. The van der Waals surface area contributed by atoms with Crippen LogP contribution in [0.25, 0.3) is 11.3 Å². The van der Waals surface area contributed by atoms with Gasteiger partial charge in [-0.05, 0) is 48.9 Å². The zero-order valence-electron chi connectivity index (χ0n) is 15.3. The van der Waals surface area contributed by atoms with Gasteiger partial charge < -0.3 is 19.5 Å². The van der Waals surface area contributed by atoms with E-state index in [4.69, 9.17) is 14.2 Å². The minimum atomic E-state index is -0.479. The van der Waals surface area contributed by atoms with E-state index in [0.29, 0.717) is 28.5 Å². The summed E-state index contributed by atoms with van der Waals surface area (Å²) < 4.78 is 29.5. The highest BCUT2D eigenvalue weighted by molar-refractivity contribution is 5.93. The molecule has 0 unspecified atom stereocenters. The van der Waals surface area contributed by atoms with Crippen LogP contribution in [0, 0.1) is 5.82 Å². The van der Waals surface area contributed by atoms with E-state index in [0.717, 1.165) is 5.56 Å². The molecule has 1 aliphatic rings. The lowest BCUT2D eigenvalue weighted by atomic mass is 10.1. The molecule has 3 aromatic rings. The van der Waals surface area contributed by atoms with Gasteiger partial charge in [0.15, 0.2) is 23.1 Å². The summed E-state index contributed by atoms with van der Waals surface area (Å²) in [6.07, 6.45) is 0. The molecule has 2 N–H and O–H groups in total. The maximum atomic E-state index is 13.9. The molecule has 1 aromatic heterocycles. The number of benzene rings is 2. The van der Waals surface area contributed by atoms with Gasteiger partial charge in [0.05, 0.1) is 18.8 Å². The number of nitrogens with zero attached hydrogens (tertiary/aromatic N) is 1. The summed E-state index contributed by atoms with van der Waals surface area (Å²) in [6.45, 7) is 1.96. The van der Waals surface area contributed by atoms with E-state index in [-0.39, 0.29) is 18.4 Å². The number of nitrogens with one attached hydrogen (secondary N) is 2. The number of hydrogen-bond acceptors (Lipinski definition) is 5. The van der Waals surface area contributed by atoms with Gasteiger partial charge in [-0.1, -0.05) is 6.07 Å². The molecule has 0 aliphatic carbocycles. The SMILES string of the molecule is COc1ccc([C@H](C)NC(=O)c2cc(-c3ccc4c(c3)OCO4)n[nH]2)cc1F. The Balaban J connectivity index is 1.48. The van der Waals surface area contributed by atoms with Gasteiger partial charge in [0, 0.05) is 5.56 Å². The zero-order valence-corrected chi connectivity index (χ0v) is 15.3. The van der Waals surface area contributed by atoms with Crippen molar-refractivity contribution in [2.45, 2.75) is 13.0 Å². The van der Waals surface area contributed by atoms with Crippen molar-refractivity contribution in [1.29, 1.82) is 0 Å². The van der Waals surface area contributed by atoms with Crippen LogP contribution in [0.5, 0.6) is 17.2 Å². The highest BCUT2D eigenvalue weighted by Crippen LogP contribution is 2.35. The third kappa shape index (κ3) is 3.36. The molecule has 144 valence electrons. The second kappa shape index (κ2) is 7.22.